The van der Waals surface area contributed by atoms with E-state index in [1.54, 1.807) is 6.08 Å². The van der Waals surface area contributed by atoms with E-state index in [0.717, 1.165) is 14.9 Å². The van der Waals surface area contributed by atoms with E-state index in [1.165, 1.54) is 11.1 Å². The van der Waals surface area contributed by atoms with Crippen LogP contribution in [-0.4, -0.2) is 0 Å². The van der Waals surface area contributed by atoms with E-state index in [-0.39, 0.29) is 0 Å². The minimum atomic E-state index is 1.02. The van der Waals surface area contributed by atoms with E-state index >= 15 is 0 Å². The Bertz CT molecular complexity index is 636. The van der Waals surface area contributed by atoms with Crippen molar-refractivity contribution >= 4 is 28.6 Å². The van der Waals surface area contributed by atoms with Crippen molar-refractivity contribution in [2.75, 3.05) is 0 Å². The molecule has 0 aliphatic rings. The molecule has 0 spiro atoms. The number of rotatable bonds is 2. The summed E-state index contributed by atoms with van der Waals surface area (Å²) in [6.07, 6.45) is 3.75. The summed E-state index contributed by atoms with van der Waals surface area (Å²) in [7, 11) is 0. The molecule has 2 aromatic carbocycles. The fraction of sp³-hybridized carbons (Fsp3) is 0. The first kappa shape index (κ1) is 11.9. The SMILES string of the molecule is C=C/C=c1/ccc(-c2ccc(Br)cc2)cc1=C. The maximum Gasteiger partial charge on any atom is 0.0175 e. The minimum Gasteiger partial charge on any atom is -0.0990 e. The van der Waals surface area contributed by atoms with Gasteiger partial charge in [0.05, 0.1) is 0 Å². The third-order valence-corrected chi connectivity index (χ3v) is 3.15. The number of benzene rings is 2. The second-order valence-corrected chi connectivity index (χ2v) is 4.74. The Labute approximate surface area is 110 Å². The summed E-state index contributed by atoms with van der Waals surface area (Å²) in [6.45, 7) is 7.75. The molecule has 0 saturated carbocycles. The fourth-order valence-corrected chi connectivity index (χ4v) is 1.98. The van der Waals surface area contributed by atoms with Crippen LogP contribution in [-0.2, 0) is 0 Å². The molecule has 0 radical (unpaired) electrons. The summed E-state index contributed by atoms with van der Waals surface area (Å²) in [5.74, 6) is 0. The molecule has 0 nitrogen and oxygen atoms in total. The maximum atomic E-state index is 4.05. The van der Waals surface area contributed by atoms with Gasteiger partial charge < -0.3 is 0 Å². The van der Waals surface area contributed by atoms with E-state index < -0.39 is 0 Å². The van der Waals surface area contributed by atoms with Gasteiger partial charge in [-0.15, -0.1) is 0 Å². The predicted molar refractivity (Wildman–Crippen MR) is 79.0 cm³/mol. The van der Waals surface area contributed by atoms with Crippen molar-refractivity contribution in [1.82, 2.24) is 0 Å². The molecule has 0 N–H and O–H groups in total. The zero-order valence-electron chi connectivity index (χ0n) is 9.49. The molecule has 0 aliphatic heterocycles. The largest absolute Gasteiger partial charge is 0.0990 e. The molecule has 0 fully saturated rings. The number of hydrogen-bond acceptors (Lipinski definition) is 0. The molecule has 0 bridgehead atoms. The Morgan fingerprint density at radius 1 is 0.941 bits per heavy atom. The van der Waals surface area contributed by atoms with Gasteiger partial charge in [0.25, 0.3) is 0 Å². The molecule has 2 rings (SSSR count). The molecule has 0 unspecified atom stereocenters. The van der Waals surface area contributed by atoms with Crippen LogP contribution in [0.1, 0.15) is 0 Å². The first-order valence-corrected chi connectivity index (χ1v) is 6.18. The zero-order chi connectivity index (χ0) is 12.3. The van der Waals surface area contributed by atoms with E-state index in [0.29, 0.717) is 0 Å². The average molecular weight is 285 g/mol. The standard InChI is InChI=1S/C16H13Br/c1-3-4-13-5-6-15(11-12(13)2)14-7-9-16(17)10-8-14/h3-11H,1-2H2/b13-4-. The number of halogens is 1. The monoisotopic (exact) mass is 284 g/mol. The first-order valence-electron chi connectivity index (χ1n) is 5.38. The van der Waals surface area contributed by atoms with Gasteiger partial charge in [-0.25, -0.2) is 0 Å². The Balaban J connectivity index is 2.52. The Hall–Kier alpha value is -1.60. The molecule has 2 aromatic rings. The Kier molecular flexibility index (Phi) is 3.60. The number of allylic oxidation sites excluding steroid dienone is 1. The second-order valence-electron chi connectivity index (χ2n) is 3.82. The summed E-state index contributed by atoms with van der Waals surface area (Å²) < 4.78 is 1.09. The summed E-state index contributed by atoms with van der Waals surface area (Å²) in [5, 5.41) is 2.13. The quantitative estimate of drug-likeness (QED) is 0.792. The van der Waals surface area contributed by atoms with Crippen LogP contribution in [0.2, 0.25) is 0 Å². The van der Waals surface area contributed by atoms with Crippen LogP contribution in [0.5, 0.6) is 0 Å². The van der Waals surface area contributed by atoms with Crippen LogP contribution < -0.4 is 10.4 Å². The second kappa shape index (κ2) is 5.15. The molecule has 17 heavy (non-hydrogen) atoms. The van der Waals surface area contributed by atoms with Crippen molar-refractivity contribution in [3.63, 3.8) is 0 Å². The van der Waals surface area contributed by atoms with Crippen molar-refractivity contribution in [3.8, 4) is 11.1 Å². The van der Waals surface area contributed by atoms with Gasteiger partial charge in [-0.1, -0.05) is 65.5 Å². The van der Waals surface area contributed by atoms with Gasteiger partial charge >= 0.3 is 0 Å². The van der Waals surface area contributed by atoms with E-state index in [9.17, 15) is 0 Å². The normalized spacial score (nSPS) is 11.5. The van der Waals surface area contributed by atoms with Crippen LogP contribution in [0, 0.1) is 0 Å². The zero-order valence-corrected chi connectivity index (χ0v) is 11.1. The third kappa shape index (κ3) is 2.75. The lowest BCUT2D eigenvalue weighted by atomic mass is 10.0. The highest BCUT2D eigenvalue weighted by atomic mass is 79.9. The molecular weight excluding hydrogens is 272 g/mol. The van der Waals surface area contributed by atoms with E-state index in [4.69, 9.17) is 0 Å². The lowest BCUT2D eigenvalue weighted by molar-refractivity contribution is 1.51. The van der Waals surface area contributed by atoms with Crippen LogP contribution in [0.15, 0.2) is 59.6 Å². The van der Waals surface area contributed by atoms with Crippen LogP contribution in [0.4, 0.5) is 0 Å². The summed E-state index contributed by atoms with van der Waals surface area (Å²) >= 11 is 3.44. The summed E-state index contributed by atoms with van der Waals surface area (Å²) in [6, 6.07) is 14.5. The smallest absolute Gasteiger partial charge is 0.0175 e. The van der Waals surface area contributed by atoms with Gasteiger partial charge in [0, 0.05) is 4.47 Å². The highest BCUT2D eigenvalue weighted by Crippen LogP contribution is 2.19. The minimum absolute atomic E-state index is 1.02. The topological polar surface area (TPSA) is 0 Å². The van der Waals surface area contributed by atoms with Crippen LogP contribution in [0.25, 0.3) is 23.8 Å². The van der Waals surface area contributed by atoms with Crippen LogP contribution in [0.3, 0.4) is 0 Å². The molecule has 1 heteroatoms. The van der Waals surface area contributed by atoms with Gasteiger partial charge in [0.1, 0.15) is 0 Å². The predicted octanol–water partition coefficient (Wildman–Crippen LogP) is 3.49. The maximum absolute atomic E-state index is 4.05. The first-order chi connectivity index (χ1) is 8.20. The van der Waals surface area contributed by atoms with Gasteiger partial charge in [-0.3, -0.25) is 0 Å². The lowest BCUT2D eigenvalue weighted by Crippen LogP contribution is -2.22. The van der Waals surface area contributed by atoms with Gasteiger partial charge in [-0.2, -0.15) is 0 Å². The van der Waals surface area contributed by atoms with Gasteiger partial charge in [0.2, 0.25) is 0 Å². The molecule has 0 atom stereocenters. The van der Waals surface area contributed by atoms with Crippen molar-refractivity contribution in [2.24, 2.45) is 0 Å². The van der Waals surface area contributed by atoms with Crippen molar-refractivity contribution in [3.05, 3.63) is 70.0 Å². The molecule has 84 valence electrons. The lowest BCUT2D eigenvalue weighted by Gasteiger charge is -2.02. The molecule has 0 amide bonds. The van der Waals surface area contributed by atoms with Crippen molar-refractivity contribution < 1.29 is 0 Å². The summed E-state index contributed by atoms with van der Waals surface area (Å²) in [5.41, 5.74) is 2.38. The van der Waals surface area contributed by atoms with E-state index in [2.05, 4.69) is 59.4 Å². The fourth-order valence-electron chi connectivity index (χ4n) is 1.72. The van der Waals surface area contributed by atoms with Crippen molar-refractivity contribution in [1.29, 1.82) is 0 Å². The van der Waals surface area contributed by atoms with Gasteiger partial charge in [0.15, 0.2) is 0 Å². The molecule has 0 heterocycles. The van der Waals surface area contributed by atoms with E-state index in [1.807, 2.05) is 18.2 Å². The van der Waals surface area contributed by atoms with Crippen molar-refractivity contribution in [2.45, 2.75) is 0 Å². The van der Waals surface area contributed by atoms with Gasteiger partial charge in [-0.05, 0) is 39.8 Å². The highest BCUT2D eigenvalue weighted by Gasteiger charge is 1.96. The Morgan fingerprint density at radius 3 is 2.18 bits per heavy atom. The highest BCUT2D eigenvalue weighted by molar-refractivity contribution is 9.10. The Morgan fingerprint density at radius 2 is 1.59 bits per heavy atom. The molecule has 0 saturated heterocycles. The average Bonchev–Trinajstić information content (AvgIpc) is 2.33. The summed E-state index contributed by atoms with van der Waals surface area (Å²) in [4.78, 5) is 0. The van der Waals surface area contributed by atoms with Crippen LogP contribution >= 0.6 is 15.9 Å². The molecular formula is C16H13Br. The number of hydrogen-bond donors (Lipinski definition) is 0. The molecule has 0 aliphatic carbocycles. The molecule has 0 aromatic heterocycles. The third-order valence-electron chi connectivity index (χ3n) is 2.62.